The van der Waals surface area contributed by atoms with Crippen LogP contribution in [0.1, 0.15) is 5.56 Å². The van der Waals surface area contributed by atoms with Crippen molar-refractivity contribution in [3.05, 3.63) is 56.5 Å². The van der Waals surface area contributed by atoms with E-state index >= 15 is 0 Å². The van der Waals surface area contributed by atoms with Crippen LogP contribution in [0.2, 0.25) is 0 Å². The molecule has 27 heavy (non-hydrogen) atoms. The Morgan fingerprint density at radius 2 is 2.07 bits per heavy atom. The fourth-order valence-corrected chi connectivity index (χ4v) is 3.29. The summed E-state index contributed by atoms with van der Waals surface area (Å²) in [5.41, 5.74) is 0.334. The highest BCUT2D eigenvalue weighted by Gasteiger charge is 2.14. The van der Waals surface area contributed by atoms with Crippen molar-refractivity contribution in [2.45, 2.75) is 11.6 Å². The van der Waals surface area contributed by atoms with E-state index in [1.807, 2.05) is 0 Å². The van der Waals surface area contributed by atoms with Gasteiger partial charge in [0, 0.05) is 20.6 Å². The minimum atomic E-state index is -0.467. The smallest absolute Gasteiger partial charge is 0.332 e. The van der Waals surface area contributed by atoms with Crippen LogP contribution in [-0.4, -0.2) is 37.3 Å². The summed E-state index contributed by atoms with van der Waals surface area (Å²) in [7, 11) is 2.92. The number of H-pyrrole nitrogens is 1. The molecule has 0 fully saturated rings. The number of carbonyl (C=O) groups is 1. The predicted molar refractivity (Wildman–Crippen MR) is 100 cm³/mol. The van der Waals surface area contributed by atoms with Gasteiger partial charge < -0.3 is 10.3 Å². The number of thioether (sulfide) groups is 1. The lowest BCUT2D eigenvalue weighted by Crippen LogP contribution is -2.36. The third kappa shape index (κ3) is 4.11. The maximum absolute atomic E-state index is 13.1. The second-order valence-electron chi connectivity index (χ2n) is 5.96. The molecule has 0 spiro atoms. The number of nitrogens with one attached hydrogen (secondary N) is 2. The number of hydrogen-bond donors (Lipinski definition) is 2. The van der Waals surface area contributed by atoms with Crippen LogP contribution < -0.4 is 16.6 Å². The van der Waals surface area contributed by atoms with Crippen LogP contribution in [0.15, 0.2) is 39.0 Å². The molecule has 3 aromatic rings. The first kappa shape index (κ1) is 18.9. The quantitative estimate of drug-likeness (QED) is 0.598. The molecule has 0 aliphatic heterocycles. The molecule has 2 N–H and O–H groups in total. The zero-order valence-corrected chi connectivity index (χ0v) is 15.6. The lowest BCUT2D eigenvalue weighted by molar-refractivity contribution is -0.118. The fourth-order valence-electron chi connectivity index (χ4n) is 2.60. The molecule has 2 heterocycles. The number of aromatic nitrogens is 4. The number of imidazole rings is 1. The van der Waals surface area contributed by atoms with Crippen LogP contribution in [0, 0.1) is 5.82 Å². The number of halogens is 1. The molecule has 1 aromatic carbocycles. The third-order valence-electron chi connectivity index (χ3n) is 4.04. The standard InChI is InChI=1S/C17H18FN5O3S/c1-22-14-13(15(25)23(2)17(22)26)20-16(21-14)27-9-12(24)19-7-6-10-4-3-5-11(18)8-10/h3-5,8H,6-7,9H2,1-2H3,(H,19,24)(H,20,21). The van der Waals surface area contributed by atoms with Gasteiger partial charge in [0.25, 0.3) is 5.56 Å². The first-order valence-corrected chi connectivity index (χ1v) is 9.15. The first-order valence-electron chi connectivity index (χ1n) is 8.16. The van der Waals surface area contributed by atoms with Crippen molar-refractivity contribution in [3.63, 3.8) is 0 Å². The van der Waals surface area contributed by atoms with Gasteiger partial charge in [-0.2, -0.15) is 0 Å². The largest absolute Gasteiger partial charge is 0.355 e. The van der Waals surface area contributed by atoms with E-state index < -0.39 is 11.2 Å². The van der Waals surface area contributed by atoms with Crippen molar-refractivity contribution >= 4 is 28.8 Å². The molecule has 10 heteroatoms. The Balaban J connectivity index is 1.59. The number of amides is 1. The van der Waals surface area contributed by atoms with Crippen molar-refractivity contribution in [1.29, 1.82) is 0 Å². The van der Waals surface area contributed by atoms with E-state index in [1.165, 1.54) is 30.8 Å². The molecule has 2 aromatic heterocycles. The zero-order valence-electron chi connectivity index (χ0n) is 14.8. The van der Waals surface area contributed by atoms with Gasteiger partial charge in [-0.05, 0) is 24.1 Å². The van der Waals surface area contributed by atoms with Gasteiger partial charge in [-0.15, -0.1) is 0 Å². The van der Waals surface area contributed by atoms with Gasteiger partial charge in [0.05, 0.1) is 5.75 Å². The molecule has 8 nitrogen and oxygen atoms in total. The Labute approximate surface area is 157 Å². The second kappa shape index (κ2) is 7.78. The summed E-state index contributed by atoms with van der Waals surface area (Å²) in [5, 5.41) is 3.13. The van der Waals surface area contributed by atoms with Crippen molar-refractivity contribution < 1.29 is 9.18 Å². The maximum Gasteiger partial charge on any atom is 0.332 e. The summed E-state index contributed by atoms with van der Waals surface area (Å²) in [6, 6.07) is 6.22. The van der Waals surface area contributed by atoms with E-state index in [4.69, 9.17) is 0 Å². The Morgan fingerprint density at radius 1 is 1.30 bits per heavy atom. The van der Waals surface area contributed by atoms with Gasteiger partial charge in [0.2, 0.25) is 5.91 Å². The van der Waals surface area contributed by atoms with Gasteiger partial charge in [-0.3, -0.25) is 18.7 Å². The minimum absolute atomic E-state index is 0.0945. The van der Waals surface area contributed by atoms with Gasteiger partial charge in [-0.1, -0.05) is 23.9 Å². The monoisotopic (exact) mass is 391 g/mol. The van der Waals surface area contributed by atoms with Gasteiger partial charge in [-0.25, -0.2) is 14.2 Å². The number of nitrogens with zero attached hydrogens (tertiary/aromatic N) is 3. The average Bonchev–Trinajstić information content (AvgIpc) is 3.08. The first-order chi connectivity index (χ1) is 12.9. The van der Waals surface area contributed by atoms with Gasteiger partial charge in [0.1, 0.15) is 5.82 Å². The summed E-state index contributed by atoms with van der Waals surface area (Å²) < 4.78 is 15.4. The average molecular weight is 391 g/mol. The number of aryl methyl sites for hydroxylation is 1. The van der Waals surface area contributed by atoms with Crippen LogP contribution in [-0.2, 0) is 25.3 Å². The third-order valence-corrected chi connectivity index (χ3v) is 4.91. The van der Waals surface area contributed by atoms with Crippen molar-refractivity contribution in [2.24, 2.45) is 14.1 Å². The van der Waals surface area contributed by atoms with Crippen LogP contribution >= 0.6 is 11.8 Å². The summed E-state index contributed by atoms with van der Waals surface area (Å²) in [5.74, 6) is -0.421. The lowest BCUT2D eigenvalue weighted by Gasteiger charge is -2.04. The van der Waals surface area contributed by atoms with E-state index in [1.54, 1.807) is 12.1 Å². The summed E-state index contributed by atoms with van der Waals surface area (Å²) in [6.45, 7) is 0.387. The Morgan fingerprint density at radius 3 is 2.81 bits per heavy atom. The van der Waals surface area contributed by atoms with Crippen molar-refractivity contribution in [3.8, 4) is 0 Å². The van der Waals surface area contributed by atoms with E-state index in [0.29, 0.717) is 18.1 Å². The highest BCUT2D eigenvalue weighted by atomic mass is 32.2. The van der Waals surface area contributed by atoms with Gasteiger partial charge >= 0.3 is 5.69 Å². The summed E-state index contributed by atoms with van der Waals surface area (Å²) in [6.07, 6.45) is 0.525. The van der Waals surface area contributed by atoms with Crippen LogP contribution in [0.3, 0.4) is 0 Å². The number of rotatable bonds is 6. The number of hydrogen-bond acceptors (Lipinski definition) is 5. The number of fused-ring (bicyclic) bond motifs is 1. The number of carbonyl (C=O) groups excluding carboxylic acids is 1. The normalized spacial score (nSPS) is 11.1. The number of aromatic amines is 1. The molecular weight excluding hydrogens is 373 g/mol. The van der Waals surface area contributed by atoms with Crippen molar-refractivity contribution in [1.82, 2.24) is 24.4 Å². The van der Waals surface area contributed by atoms with Crippen LogP contribution in [0.4, 0.5) is 4.39 Å². The molecule has 0 bridgehead atoms. The molecule has 3 rings (SSSR count). The van der Waals surface area contributed by atoms with E-state index in [2.05, 4.69) is 15.3 Å². The van der Waals surface area contributed by atoms with Gasteiger partial charge in [0.15, 0.2) is 16.3 Å². The molecule has 142 valence electrons. The molecule has 0 unspecified atom stereocenters. The minimum Gasteiger partial charge on any atom is -0.355 e. The topological polar surface area (TPSA) is 102 Å². The highest BCUT2D eigenvalue weighted by molar-refractivity contribution is 7.99. The Hall–Kier alpha value is -2.88. The van der Waals surface area contributed by atoms with Crippen LogP contribution in [0.25, 0.3) is 11.2 Å². The SMILES string of the molecule is Cn1c(=O)c2[nH]c(SCC(=O)NCCc3cccc(F)c3)nc2n(C)c1=O. The molecule has 0 aliphatic rings. The molecule has 0 saturated carbocycles. The molecule has 0 saturated heterocycles. The second-order valence-corrected chi connectivity index (χ2v) is 6.93. The number of benzene rings is 1. The zero-order chi connectivity index (χ0) is 19.6. The molecule has 0 radical (unpaired) electrons. The maximum atomic E-state index is 13.1. The Bertz CT molecular complexity index is 1120. The lowest BCUT2D eigenvalue weighted by atomic mass is 10.1. The molecular formula is C17H18FN5O3S. The predicted octanol–water partition coefficient (Wildman–Crippen LogP) is 0.550. The highest BCUT2D eigenvalue weighted by Crippen LogP contribution is 2.16. The van der Waals surface area contributed by atoms with Crippen LogP contribution in [0.5, 0.6) is 0 Å². The van der Waals surface area contributed by atoms with E-state index in [0.717, 1.165) is 21.9 Å². The summed E-state index contributed by atoms with van der Waals surface area (Å²) >= 11 is 1.13. The molecule has 0 aliphatic carbocycles. The fraction of sp³-hybridized carbons (Fsp3) is 0.294. The Kier molecular flexibility index (Phi) is 5.45. The molecule has 0 atom stereocenters. The van der Waals surface area contributed by atoms with Crippen molar-refractivity contribution in [2.75, 3.05) is 12.3 Å². The van der Waals surface area contributed by atoms with E-state index in [-0.39, 0.29) is 28.6 Å². The molecule has 1 amide bonds. The van der Waals surface area contributed by atoms with E-state index in [9.17, 15) is 18.8 Å². The summed E-state index contributed by atoms with van der Waals surface area (Å²) in [4.78, 5) is 43.1.